The summed E-state index contributed by atoms with van der Waals surface area (Å²) < 4.78 is 0.853. The van der Waals surface area contributed by atoms with Crippen LogP contribution < -0.4 is 5.32 Å². The van der Waals surface area contributed by atoms with Crippen LogP contribution in [0.4, 0.5) is 5.82 Å². The zero-order valence-electron chi connectivity index (χ0n) is 11.3. The summed E-state index contributed by atoms with van der Waals surface area (Å²) in [4.78, 5) is 28.0. The van der Waals surface area contributed by atoms with Gasteiger partial charge >= 0.3 is 5.97 Å². The molecule has 110 valence electrons. The number of nitrogens with zero attached hydrogens (tertiary/aromatic N) is 2. The monoisotopic (exact) mass is 343 g/mol. The second-order valence-corrected chi connectivity index (χ2v) is 5.41. The van der Waals surface area contributed by atoms with E-state index in [2.05, 4.69) is 26.2 Å². The van der Waals surface area contributed by atoms with Crippen molar-refractivity contribution >= 4 is 33.6 Å². The standard InChI is InChI=1S/C13H18BrN3O3/c1-17(7-3-2-4-13(19)20)9-12(18)16-11-6-5-10(14)8-15-11/h5-6,8H,2-4,7,9H2,1H3,(H,19,20)(H,15,16,18). The van der Waals surface area contributed by atoms with Gasteiger partial charge < -0.3 is 10.4 Å². The Kier molecular flexibility index (Phi) is 7.17. The molecule has 1 rings (SSSR count). The van der Waals surface area contributed by atoms with Crippen LogP contribution in [0.15, 0.2) is 22.8 Å². The Hall–Kier alpha value is -1.47. The maximum atomic E-state index is 11.8. The minimum atomic E-state index is -0.785. The average molecular weight is 344 g/mol. The third kappa shape index (κ3) is 7.20. The molecule has 0 aromatic carbocycles. The number of hydrogen-bond donors (Lipinski definition) is 2. The molecule has 0 aliphatic rings. The Bertz CT molecular complexity index is 451. The van der Waals surface area contributed by atoms with Crippen molar-refractivity contribution in [1.82, 2.24) is 9.88 Å². The number of hydrogen-bond acceptors (Lipinski definition) is 4. The Morgan fingerprint density at radius 2 is 2.15 bits per heavy atom. The molecule has 1 aromatic rings. The van der Waals surface area contributed by atoms with Crippen LogP contribution in [0, 0.1) is 0 Å². The molecule has 0 saturated heterocycles. The lowest BCUT2D eigenvalue weighted by atomic mass is 10.2. The summed E-state index contributed by atoms with van der Waals surface area (Å²) in [6, 6.07) is 3.52. The van der Waals surface area contributed by atoms with E-state index < -0.39 is 5.97 Å². The van der Waals surface area contributed by atoms with Gasteiger partial charge in [-0.05, 0) is 54.5 Å². The molecule has 1 heterocycles. The van der Waals surface area contributed by atoms with Gasteiger partial charge in [-0.15, -0.1) is 0 Å². The minimum Gasteiger partial charge on any atom is -0.481 e. The van der Waals surface area contributed by atoms with E-state index in [1.54, 1.807) is 18.3 Å². The van der Waals surface area contributed by atoms with E-state index in [4.69, 9.17) is 5.11 Å². The number of anilines is 1. The number of carbonyl (C=O) groups excluding carboxylic acids is 1. The first kappa shape index (κ1) is 16.6. The molecule has 1 aromatic heterocycles. The van der Waals surface area contributed by atoms with E-state index in [1.807, 2.05) is 11.9 Å². The van der Waals surface area contributed by atoms with Gasteiger partial charge in [-0.1, -0.05) is 0 Å². The summed E-state index contributed by atoms with van der Waals surface area (Å²) in [5, 5.41) is 11.2. The first-order valence-corrected chi connectivity index (χ1v) is 7.08. The van der Waals surface area contributed by atoms with Gasteiger partial charge in [0.2, 0.25) is 5.91 Å². The van der Waals surface area contributed by atoms with Crippen LogP contribution in [0.1, 0.15) is 19.3 Å². The molecular weight excluding hydrogens is 326 g/mol. The molecule has 0 bridgehead atoms. The molecule has 0 fully saturated rings. The predicted octanol–water partition coefficient (Wildman–Crippen LogP) is 1.97. The number of aliphatic carboxylic acids is 1. The van der Waals surface area contributed by atoms with Crippen molar-refractivity contribution in [2.75, 3.05) is 25.5 Å². The van der Waals surface area contributed by atoms with Gasteiger partial charge in [-0.25, -0.2) is 4.98 Å². The molecular formula is C13H18BrN3O3. The summed E-state index contributed by atoms with van der Waals surface area (Å²) in [7, 11) is 1.83. The van der Waals surface area contributed by atoms with Crippen LogP contribution in [0.2, 0.25) is 0 Å². The first-order valence-electron chi connectivity index (χ1n) is 6.29. The summed E-state index contributed by atoms with van der Waals surface area (Å²) in [5.74, 6) is -0.412. The molecule has 20 heavy (non-hydrogen) atoms. The lowest BCUT2D eigenvalue weighted by Gasteiger charge is -2.15. The fraction of sp³-hybridized carbons (Fsp3) is 0.462. The van der Waals surface area contributed by atoms with Gasteiger partial charge in [0.1, 0.15) is 5.82 Å². The highest BCUT2D eigenvalue weighted by molar-refractivity contribution is 9.10. The number of carbonyl (C=O) groups is 2. The highest BCUT2D eigenvalue weighted by atomic mass is 79.9. The average Bonchev–Trinajstić information content (AvgIpc) is 2.37. The topological polar surface area (TPSA) is 82.5 Å². The van der Waals surface area contributed by atoms with Gasteiger partial charge in [-0.2, -0.15) is 0 Å². The Balaban J connectivity index is 2.24. The van der Waals surface area contributed by atoms with E-state index >= 15 is 0 Å². The van der Waals surface area contributed by atoms with Gasteiger partial charge in [0.15, 0.2) is 0 Å². The Morgan fingerprint density at radius 3 is 2.75 bits per heavy atom. The van der Waals surface area contributed by atoms with Crippen LogP contribution in [0.25, 0.3) is 0 Å². The number of aromatic nitrogens is 1. The van der Waals surface area contributed by atoms with Gasteiger partial charge in [0.05, 0.1) is 6.54 Å². The highest BCUT2D eigenvalue weighted by Crippen LogP contribution is 2.10. The number of nitrogens with one attached hydrogen (secondary N) is 1. The van der Waals surface area contributed by atoms with Crippen LogP contribution in [0.3, 0.4) is 0 Å². The fourth-order valence-electron chi connectivity index (χ4n) is 1.61. The van der Waals surface area contributed by atoms with E-state index in [0.717, 1.165) is 10.9 Å². The zero-order chi connectivity index (χ0) is 15.0. The molecule has 0 aliphatic heterocycles. The number of halogens is 1. The molecule has 0 atom stereocenters. The number of carboxylic acids is 1. The minimum absolute atomic E-state index is 0.138. The maximum Gasteiger partial charge on any atom is 0.303 e. The molecule has 7 heteroatoms. The van der Waals surface area contributed by atoms with Crippen LogP contribution in [-0.4, -0.2) is 47.0 Å². The van der Waals surface area contributed by atoms with Gasteiger partial charge in [-0.3, -0.25) is 14.5 Å². The number of likely N-dealkylation sites (N-methyl/N-ethyl adjacent to an activating group) is 1. The number of rotatable bonds is 8. The number of unbranched alkanes of at least 4 members (excludes halogenated alkanes) is 1. The summed E-state index contributed by atoms with van der Waals surface area (Å²) in [6.45, 7) is 0.944. The third-order valence-electron chi connectivity index (χ3n) is 2.59. The van der Waals surface area contributed by atoms with Crippen molar-refractivity contribution in [3.8, 4) is 0 Å². The molecule has 0 unspecified atom stereocenters. The van der Waals surface area contributed by atoms with E-state index in [9.17, 15) is 9.59 Å². The smallest absolute Gasteiger partial charge is 0.303 e. The molecule has 0 radical (unpaired) electrons. The van der Waals surface area contributed by atoms with Gasteiger partial charge in [0.25, 0.3) is 0 Å². The van der Waals surface area contributed by atoms with Crippen LogP contribution in [0.5, 0.6) is 0 Å². The normalized spacial score (nSPS) is 10.6. The number of pyridine rings is 1. The second kappa shape index (κ2) is 8.65. The Labute approximate surface area is 126 Å². The van der Waals surface area contributed by atoms with Crippen LogP contribution in [-0.2, 0) is 9.59 Å². The predicted molar refractivity (Wildman–Crippen MR) is 79.6 cm³/mol. The van der Waals surface area contributed by atoms with Crippen molar-refractivity contribution < 1.29 is 14.7 Å². The SMILES string of the molecule is CN(CCCCC(=O)O)CC(=O)Nc1ccc(Br)cn1. The fourth-order valence-corrected chi connectivity index (χ4v) is 1.85. The Morgan fingerprint density at radius 1 is 1.40 bits per heavy atom. The first-order chi connectivity index (χ1) is 9.47. The lowest BCUT2D eigenvalue weighted by Crippen LogP contribution is -2.31. The zero-order valence-corrected chi connectivity index (χ0v) is 12.9. The largest absolute Gasteiger partial charge is 0.481 e. The van der Waals surface area contributed by atoms with E-state index in [1.165, 1.54) is 0 Å². The molecule has 2 N–H and O–H groups in total. The summed E-state index contributed by atoms with van der Waals surface area (Å²) in [5.41, 5.74) is 0. The molecule has 1 amide bonds. The van der Waals surface area contributed by atoms with Crippen molar-refractivity contribution in [1.29, 1.82) is 0 Å². The number of amides is 1. The molecule has 0 aliphatic carbocycles. The van der Waals surface area contributed by atoms with E-state index in [-0.39, 0.29) is 18.9 Å². The summed E-state index contributed by atoms with van der Waals surface area (Å²) in [6.07, 6.45) is 3.16. The maximum absolute atomic E-state index is 11.8. The number of carboxylic acid groups (broad SMARTS) is 1. The van der Waals surface area contributed by atoms with Crippen molar-refractivity contribution in [3.05, 3.63) is 22.8 Å². The van der Waals surface area contributed by atoms with Crippen molar-refractivity contribution in [2.45, 2.75) is 19.3 Å². The molecule has 0 spiro atoms. The quantitative estimate of drug-likeness (QED) is 0.705. The lowest BCUT2D eigenvalue weighted by molar-refractivity contribution is -0.137. The third-order valence-corrected chi connectivity index (χ3v) is 3.06. The van der Waals surface area contributed by atoms with Crippen molar-refractivity contribution in [2.24, 2.45) is 0 Å². The molecule has 0 saturated carbocycles. The van der Waals surface area contributed by atoms with Gasteiger partial charge in [0, 0.05) is 17.1 Å². The van der Waals surface area contributed by atoms with E-state index in [0.29, 0.717) is 18.8 Å². The van der Waals surface area contributed by atoms with Crippen molar-refractivity contribution in [3.63, 3.8) is 0 Å². The highest BCUT2D eigenvalue weighted by Gasteiger charge is 2.07. The summed E-state index contributed by atoms with van der Waals surface area (Å²) >= 11 is 3.27. The van der Waals surface area contributed by atoms with Crippen LogP contribution >= 0.6 is 15.9 Å². The second-order valence-electron chi connectivity index (χ2n) is 4.50. The molecule has 6 nitrogen and oxygen atoms in total.